The van der Waals surface area contributed by atoms with Crippen molar-refractivity contribution in [2.24, 2.45) is 0 Å². The van der Waals surface area contributed by atoms with Crippen molar-refractivity contribution in [3.63, 3.8) is 0 Å². The van der Waals surface area contributed by atoms with Gasteiger partial charge in [0.15, 0.2) is 0 Å². The van der Waals surface area contributed by atoms with Crippen molar-refractivity contribution in [2.45, 2.75) is 27.2 Å². The highest BCUT2D eigenvalue weighted by Gasteiger charge is 2.12. The van der Waals surface area contributed by atoms with Gasteiger partial charge in [-0.05, 0) is 37.5 Å². The highest BCUT2D eigenvalue weighted by molar-refractivity contribution is 6.32. The maximum absolute atomic E-state index is 9.03. The third kappa shape index (κ3) is 2.43. The molecule has 0 saturated heterocycles. The van der Waals surface area contributed by atoms with Crippen molar-refractivity contribution in [2.75, 3.05) is 6.61 Å². The van der Waals surface area contributed by atoms with Gasteiger partial charge in [0.2, 0.25) is 0 Å². The van der Waals surface area contributed by atoms with E-state index in [4.69, 9.17) is 21.6 Å². The first-order valence-corrected chi connectivity index (χ1v) is 5.32. The SMILES string of the molecule is CCCOc1cc(C)c(Cl)c(C)c1C#N. The van der Waals surface area contributed by atoms with E-state index in [1.807, 2.05) is 26.8 Å². The van der Waals surface area contributed by atoms with Crippen molar-refractivity contribution in [3.8, 4) is 11.8 Å². The lowest BCUT2D eigenvalue weighted by Gasteiger charge is -2.11. The van der Waals surface area contributed by atoms with Crippen LogP contribution in [-0.4, -0.2) is 6.61 Å². The van der Waals surface area contributed by atoms with Gasteiger partial charge in [-0.3, -0.25) is 0 Å². The predicted molar refractivity (Wildman–Crippen MR) is 61.4 cm³/mol. The van der Waals surface area contributed by atoms with Crippen LogP contribution in [0.2, 0.25) is 5.02 Å². The molecule has 0 N–H and O–H groups in total. The first-order valence-electron chi connectivity index (χ1n) is 4.94. The summed E-state index contributed by atoms with van der Waals surface area (Å²) in [5.74, 6) is 0.638. The lowest BCUT2D eigenvalue weighted by molar-refractivity contribution is 0.316. The highest BCUT2D eigenvalue weighted by atomic mass is 35.5. The number of benzene rings is 1. The average molecular weight is 224 g/mol. The minimum absolute atomic E-state index is 0.541. The third-order valence-electron chi connectivity index (χ3n) is 2.22. The molecule has 0 unspecified atom stereocenters. The van der Waals surface area contributed by atoms with Gasteiger partial charge < -0.3 is 4.74 Å². The van der Waals surface area contributed by atoms with E-state index >= 15 is 0 Å². The van der Waals surface area contributed by atoms with Crippen LogP contribution in [0.3, 0.4) is 0 Å². The van der Waals surface area contributed by atoms with Gasteiger partial charge in [-0.2, -0.15) is 5.26 Å². The van der Waals surface area contributed by atoms with Gasteiger partial charge in [0.05, 0.1) is 12.2 Å². The van der Waals surface area contributed by atoms with Crippen LogP contribution in [0, 0.1) is 25.2 Å². The fourth-order valence-corrected chi connectivity index (χ4v) is 1.54. The summed E-state index contributed by atoms with van der Waals surface area (Å²) in [5, 5.41) is 9.67. The molecule has 0 aromatic heterocycles. The molecule has 0 spiro atoms. The fraction of sp³-hybridized carbons (Fsp3) is 0.417. The number of nitriles is 1. The normalized spacial score (nSPS) is 9.80. The van der Waals surface area contributed by atoms with E-state index in [0.29, 0.717) is 22.9 Å². The summed E-state index contributed by atoms with van der Waals surface area (Å²) >= 11 is 6.06. The van der Waals surface area contributed by atoms with Crippen LogP contribution in [0.25, 0.3) is 0 Å². The Kier molecular flexibility index (Phi) is 3.99. The Morgan fingerprint density at radius 3 is 2.67 bits per heavy atom. The first-order chi connectivity index (χ1) is 7.11. The van der Waals surface area contributed by atoms with Crippen molar-refractivity contribution in [3.05, 3.63) is 27.8 Å². The zero-order valence-electron chi connectivity index (χ0n) is 9.22. The van der Waals surface area contributed by atoms with E-state index in [2.05, 4.69) is 6.07 Å². The second-order valence-electron chi connectivity index (χ2n) is 3.47. The molecule has 1 aromatic carbocycles. The van der Waals surface area contributed by atoms with Crippen LogP contribution in [-0.2, 0) is 0 Å². The second kappa shape index (κ2) is 5.04. The molecular weight excluding hydrogens is 210 g/mol. The Balaban J connectivity index is 3.21. The molecule has 0 radical (unpaired) electrons. The number of rotatable bonds is 3. The van der Waals surface area contributed by atoms with Gasteiger partial charge in [0.25, 0.3) is 0 Å². The van der Waals surface area contributed by atoms with Crippen LogP contribution < -0.4 is 4.74 Å². The number of nitrogens with zero attached hydrogens (tertiary/aromatic N) is 1. The Bertz CT molecular complexity index is 407. The molecule has 2 nitrogen and oxygen atoms in total. The van der Waals surface area contributed by atoms with Crippen LogP contribution in [0.15, 0.2) is 6.07 Å². The number of aryl methyl sites for hydroxylation is 1. The van der Waals surface area contributed by atoms with Gasteiger partial charge >= 0.3 is 0 Å². The summed E-state index contributed by atoms with van der Waals surface area (Å²) in [4.78, 5) is 0. The molecule has 0 saturated carbocycles. The minimum atomic E-state index is 0.541. The molecular formula is C12H14ClNO. The first kappa shape index (κ1) is 11.9. The number of ether oxygens (including phenoxy) is 1. The molecule has 0 aliphatic heterocycles. The van der Waals surface area contributed by atoms with Gasteiger partial charge in [0, 0.05) is 5.02 Å². The second-order valence-corrected chi connectivity index (χ2v) is 3.84. The molecule has 0 bridgehead atoms. The van der Waals surface area contributed by atoms with Crippen LogP contribution in [0.4, 0.5) is 0 Å². The summed E-state index contributed by atoms with van der Waals surface area (Å²) in [5.41, 5.74) is 2.28. The molecule has 0 aliphatic carbocycles. The smallest absolute Gasteiger partial charge is 0.137 e. The van der Waals surface area contributed by atoms with Crippen LogP contribution in [0.1, 0.15) is 30.0 Å². The maximum Gasteiger partial charge on any atom is 0.137 e. The molecule has 0 heterocycles. The standard InChI is InChI=1S/C12H14ClNO/c1-4-5-15-11-6-8(2)12(13)9(3)10(11)7-14/h6H,4-5H2,1-3H3. The van der Waals surface area contributed by atoms with Crippen molar-refractivity contribution in [1.29, 1.82) is 5.26 Å². The summed E-state index contributed by atoms with van der Waals surface area (Å²) in [7, 11) is 0. The quantitative estimate of drug-likeness (QED) is 0.784. The average Bonchev–Trinajstić information content (AvgIpc) is 2.23. The summed E-state index contributed by atoms with van der Waals surface area (Å²) in [6.07, 6.45) is 0.922. The number of halogens is 1. The van der Waals surface area contributed by atoms with Crippen molar-refractivity contribution >= 4 is 11.6 Å². The molecule has 0 aliphatic rings. The number of hydrogen-bond donors (Lipinski definition) is 0. The van der Waals surface area contributed by atoms with Gasteiger partial charge in [-0.25, -0.2) is 0 Å². The maximum atomic E-state index is 9.03. The minimum Gasteiger partial charge on any atom is -0.492 e. The third-order valence-corrected chi connectivity index (χ3v) is 2.80. The van der Waals surface area contributed by atoms with Crippen molar-refractivity contribution < 1.29 is 4.74 Å². The van der Waals surface area contributed by atoms with Gasteiger partial charge in [-0.1, -0.05) is 18.5 Å². The Hall–Kier alpha value is -1.20. The molecule has 15 heavy (non-hydrogen) atoms. The number of hydrogen-bond acceptors (Lipinski definition) is 2. The molecule has 0 atom stereocenters. The van der Waals surface area contributed by atoms with Crippen molar-refractivity contribution in [1.82, 2.24) is 0 Å². The van der Waals surface area contributed by atoms with E-state index in [1.54, 1.807) is 0 Å². The van der Waals surface area contributed by atoms with E-state index in [-0.39, 0.29) is 0 Å². The van der Waals surface area contributed by atoms with E-state index < -0.39 is 0 Å². The molecule has 0 amide bonds. The van der Waals surface area contributed by atoms with Crippen LogP contribution >= 0.6 is 11.6 Å². The topological polar surface area (TPSA) is 33.0 Å². The molecule has 3 heteroatoms. The van der Waals surface area contributed by atoms with E-state index in [0.717, 1.165) is 17.5 Å². The van der Waals surface area contributed by atoms with Gasteiger partial charge in [0.1, 0.15) is 11.8 Å². The van der Waals surface area contributed by atoms with E-state index in [1.165, 1.54) is 0 Å². The molecule has 0 fully saturated rings. The van der Waals surface area contributed by atoms with E-state index in [9.17, 15) is 0 Å². The molecule has 1 rings (SSSR count). The van der Waals surface area contributed by atoms with Crippen LogP contribution in [0.5, 0.6) is 5.75 Å². The lowest BCUT2D eigenvalue weighted by Crippen LogP contribution is -2.00. The zero-order valence-corrected chi connectivity index (χ0v) is 9.98. The highest BCUT2D eigenvalue weighted by Crippen LogP contribution is 2.31. The van der Waals surface area contributed by atoms with Gasteiger partial charge in [-0.15, -0.1) is 0 Å². The summed E-state index contributed by atoms with van der Waals surface area (Å²) in [6, 6.07) is 3.95. The predicted octanol–water partition coefficient (Wildman–Crippen LogP) is 3.62. The summed E-state index contributed by atoms with van der Waals surface area (Å²) in [6.45, 7) is 6.40. The monoisotopic (exact) mass is 223 g/mol. The summed E-state index contributed by atoms with van der Waals surface area (Å²) < 4.78 is 5.51. The molecule has 80 valence electrons. The Labute approximate surface area is 95.4 Å². The largest absolute Gasteiger partial charge is 0.492 e. The Morgan fingerprint density at radius 2 is 2.13 bits per heavy atom. The molecule has 1 aromatic rings. The zero-order chi connectivity index (χ0) is 11.4. The Morgan fingerprint density at radius 1 is 1.47 bits per heavy atom. The fourth-order valence-electron chi connectivity index (χ4n) is 1.39. The lowest BCUT2D eigenvalue weighted by atomic mass is 10.1.